The van der Waals surface area contributed by atoms with E-state index >= 15 is 0 Å². The second-order valence-electron chi connectivity index (χ2n) is 5.40. The van der Waals surface area contributed by atoms with E-state index in [1.54, 1.807) is 24.4 Å². The SMILES string of the molecule is O=C(NCc1ccccn1)c1nc[nH]c1C(=O)NCc1ccccc1Cl. The monoisotopic (exact) mass is 369 g/mol. The number of carbonyl (C=O) groups excluding carboxylic acids is 2. The van der Waals surface area contributed by atoms with Crippen LogP contribution in [-0.4, -0.2) is 26.8 Å². The topological polar surface area (TPSA) is 99.8 Å². The predicted molar refractivity (Wildman–Crippen MR) is 96.6 cm³/mol. The van der Waals surface area contributed by atoms with Crippen molar-refractivity contribution in [2.75, 3.05) is 0 Å². The number of halogens is 1. The number of hydrogen-bond donors (Lipinski definition) is 3. The van der Waals surface area contributed by atoms with Crippen LogP contribution in [0.5, 0.6) is 0 Å². The number of aromatic amines is 1. The third-order valence-corrected chi connectivity index (χ3v) is 4.00. The number of amides is 2. The minimum atomic E-state index is -0.459. The number of aromatic nitrogens is 3. The molecule has 3 N–H and O–H groups in total. The largest absolute Gasteiger partial charge is 0.347 e. The van der Waals surface area contributed by atoms with Crippen LogP contribution in [0.2, 0.25) is 5.02 Å². The highest BCUT2D eigenvalue weighted by Gasteiger charge is 2.20. The maximum Gasteiger partial charge on any atom is 0.272 e. The Morgan fingerprint density at radius 1 is 0.962 bits per heavy atom. The van der Waals surface area contributed by atoms with Crippen LogP contribution in [0.3, 0.4) is 0 Å². The molecule has 132 valence electrons. The quantitative estimate of drug-likeness (QED) is 0.620. The third kappa shape index (κ3) is 4.25. The molecule has 1 aromatic carbocycles. The summed E-state index contributed by atoms with van der Waals surface area (Å²) in [6.07, 6.45) is 2.95. The van der Waals surface area contributed by atoms with E-state index in [0.717, 1.165) is 5.56 Å². The molecule has 0 radical (unpaired) electrons. The first-order valence-electron chi connectivity index (χ1n) is 7.88. The van der Waals surface area contributed by atoms with Crippen LogP contribution >= 0.6 is 11.6 Å². The number of rotatable bonds is 6. The fraction of sp³-hybridized carbons (Fsp3) is 0.111. The molecule has 0 spiro atoms. The highest BCUT2D eigenvalue weighted by atomic mass is 35.5. The summed E-state index contributed by atoms with van der Waals surface area (Å²) in [6, 6.07) is 12.6. The van der Waals surface area contributed by atoms with Crippen molar-refractivity contribution < 1.29 is 9.59 Å². The summed E-state index contributed by atoms with van der Waals surface area (Å²) in [5.41, 5.74) is 1.61. The summed E-state index contributed by atoms with van der Waals surface area (Å²) >= 11 is 6.07. The molecule has 3 rings (SSSR count). The van der Waals surface area contributed by atoms with Crippen LogP contribution in [0.25, 0.3) is 0 Å². The van der Waals surface area contributed by atoms with Gasteiger partial charge in [0.25, 0.3) is 11.8 Å². The molecule has 0 atom stereocenters. The maximum atomic E-state index is 12.4. The zero-order valence-corrected chi connectivity index (χ0v) is 14.5. The highest BCUT2D eigenvalue weighted by molar-refractivity contribution is 6.31. The van der Waals surface area contributed by atoms with E-state index in [2.05, 4.69) is 25.6 Å². The van der Waals surface area contributed by atoms with Gasteiger partial charge in [0.1, 0.15) is 5.69 Å². The van der Waals surface area contributed by atoms with Crippen molar-refractivity contribution in [2.24, 2.45) is 0 Å². The van der Waals surface area contributed by atoms with Gasteiger partial charge in [0, 0.05) is 17.8 Å². The molecule has 0 saturated carbocycles. The average molecular weight is 370 g/mol. The van der Waals surface area contributed by atoms with Crippen molar-refractivity contribution in [1.29, 1.82) is 0 Å². The molecular weight excluding hydrogens is 354 g/mol. The van der Waals surface area contributed by atoms with Crippen molar-refractivity contribution >= 4 is 23.4 Å². The van der Waals surface area contributed by atoms with Crippen molar-refractivity contribution in [3.63, 3.8) is 0 Å². The maximum absolute atomic E-state index is 12.4. The Kier molecular flexibility index (Phi) is 5.60. The van der Waals surface area contributed by atoms with Crippen LogP contribution in [0.4, 0.5) is 0 Å². The third-order valence-electron chi connectivity index (χ3n) is 3.63. The number of imidazole rings is 1. The lowest BCUT2D eigenvalue weighted by Gasteiger charge is -2.07. The zero-order chi connectivity index (χ0) is 18.4. The lowest BCUT2D eigenvalue weighted by Crippen LogP contribution is -2.29. The number of carbonyl (C=O) groups is 2. The van der Waals surface area contributed by atoms with Crippen LogP contribution < -0.4 is 10.6 Å². The number of nitrogens with one attached hydrogen (secondary N) is 3. The minimum absolute atomic E-state index is 0.0255. The summed E-state index contributed by atoms with van der Waals surface area (Å²) in [7, 11) is 0. The Balaban J connectivity index is 1.62. The zero-order valence-electron chi connectivity index (χ0n) is 13.7. The molecule has 0 saturated heterocycles. The Morgan fingerprint density at radius 2 is 1.73 bits per heavy atom. The smallest absolute Gasteiger partial charge is 0.272 e. The molecule has 2 aromatic heterocycles. The molecule has 3 aromatic rings. The van der Waals surface area contributed by atoms with E-state index in [1.165, 1.54) is 6.33 Å². The number of pyridine rings is 1. The Hall–Kier alpha value is -3.19. The van der Waals surface area contributed by atoms with E-state index in [9.17, 15) is 9.59 Å². The first-order chi connectivity index (χ1) is 12.6. The molecule has 0 bridgehead atoms. The number of hydrogen-bond acceptors (Lipinski definition) is 4. The van der Waals surface area contributed by atoms with Gasteiger partial charge < -0.3 is 15.6 Å². The molecule has 0 aliphatic rings. The normalized spacial score (nSPS) is 10.3. The average Bonchev–Trinajstić information content (AvgIpc) is 3.16. The molecular formula is C18H16ClN5O2. The van der Waals surface area contributed by atoms with Crippen LogP contribution in [0.15, 0.2) is 55.0 Å². The lowest BCUT2D eigenvalue weighted by atomic mass is 10.2. The molecule has 0 aliphatic heterocycles. The van der Waals surface area contributed by atoms with Gasteiger partial charge in [0.2, 0.25) is 0 Å². The van der Waals surface area contributed by atoms with E-state index in [-0.39, 0.29) is 24.5 Å². The summed E-state index contributed by atoms with van der Waals surface area (Å²) < 4.78 is 0. The molecule has 2 heterocycles. The Morgan fingerprint density at radius 3 is 2.50 bits per heavy atom. The van der Waals surface area contributed by atoms with E-state index in [4.69, 9.17) is 11.6 Å². The van der Waals surface area contributed by atoms with Gasteiger partial charge in [0.15, 0.2) is 5.69 Å². The van der Waals surface area contributed by atoms with E-state index in [0.29, 0.717) is 10.7 Å². The van der Waals surface area contributed by atoms with Gasteiger partial charge in [0.05, 0.1) is 18.6 Å². The molecule has 26 heavy (non-hydrogen) atoms. The number of H-pyrrole nitrogens is 1. The first kappa shape index (κ1) is 17.6. The van der Waals surface area contributed by atoms with Gasteiger partial charge in [-0.2, -0.15) is 0 Å². The summed E-state index contributed by atoms with van der Waals surface area (Å²) in [5, 5.41) is 5.98. The molecule has 0 fully saturated rings. The van der Waals surface area contributed by atoms with Gasteiger partial charge in [-0.1, -0.05) is 35.9 Å². The summed E-state index contributed by atoms with van der Waals surface area (Å²) in [4.78, 5) is 35.5. The first-order valence-corrected chi connectivity index (χ1v) is 8.26. The molecule has 7 nitrogen and oxygen atoms in total. The van der Waals surface area contributed by atoms with Gasteiger partial charge >= 0.3 is 0 Å². The fourth-order valence-corrected chi connectivity index (χ4v) is 2.50. The van der Waals surface area contributed by atoms with Crippen LogP contribution in [-0.2, 0) is 13.1 Å². The molecule has 0 aliphatic carbocycles. The number of benzene rings is 1. The van der Waals surface area contributed by atoms with Gasteiger partial charge in [-0.05, 0) is 23.8 Å². The van der Waals surface area contributed by atoms with Crippen molar-refractivity contribution in [3.05, 3.63) is 82.7 Å². The van der Waals surface area contributed by atoms with Crippen molar-refractivity contribution in [1.82, 2.24) is 25.6 Å². The van der Waals surface area contributed by atoms with E-state index < -0.39 is 11.8 Å². The van der Waals surface area contributed by atoms with Crippen molar-refractivity contribution in [2.45, 2.75) is 13.1 Å². The molecule has 0 unspecified atom stereocenters. The Labute approximate surface area is 154 Å². The standard InChI is InChI=1S/C18H16ClN5O2/c19-14-7-2-1-5-12(14)9-21-17(25)15-16(24-11-23-15)18(26)22-10-13-6-3-4-8-20-13/h1-8,11H,9-10H2,(H,21,25)(H,22,26)(H,23,24). The second kappa shape index (κ2) is 8.26. The molecule has 8 heteroatoms. The van der Waals surface area contributed by atoms with Crippen molar-refractivity contribution in [3.8, 4) is 0 Å². The van der Waals surface area contributed by atoms with Crippen LogP contribution in [0, 0.1) is 0 Å². The van der Waals surface area contributed by atoms with Gasteiger partial charge in [-0.15, -0.1) is 0 Å². The summed E-state index contributed by atoms with van der Waals surface area (Å²) in [6.45, 7) is 0.486. The van der Waals surface area contributed by atoms with E-state index in [1.807, 2.05) is 24.3 Å². The highest BCUT2D eigenvalue weighted by Crippen LogP contribution is 2.14. The lowest BCUT2D eigenvalue weighted by molar-refractivity contribution is 0.0911. The second-order valence-corrected chi connectivity index (χ2v) is 5.81. The predicted octanol–water partition coefficient (Wildman–Crippen LogP) is 2.32. The van der Waals surface area contributed by atoms with Gasteiger partial charge in [-0.25, -0.2) is 4.98 Å². The fourth-order valence-electron chi connectivity index (χ4n) is 2.30. The molecule has 2 amide bonds. The minimum Gasteiger partial charge on any atom is -0.347 e. The van der Waals surface area contributed by atoms with Crippen LogP contribution in [0.1, 0.15) is 32.2 Å². The Bertz CT molecular complexity index is 911. The van der Waals surface area contributed by atoms with Gasteiger partial charge in [-0.3, -0.25) is 14.6 Å². The summed E-state index contributed by atoms with van der Waals surface area (Å²) in [5.74, 6) is -0.898. The number of nitrogens with zero attached hydrogens (tertiary/aromatic N) is 2.